The number of hydrogen-bond donors (Lipinski definition) is 1. The van der Waals surface area contributed by atoms with Gasteiger partial charge in [0.05, 0.1) is 36.3 Å². The average Bonchev–Trinajstić information content (AvgIpc) is 3.46. The number of imide groups is 2. The summed E-state index contributed by atoms with van der Waals surface area (Å²) in [5.41, 5.74) is 4.46. The summed E-state index contributed by atoms with van der Waals surface area (Å²) in [6.45, 7) is 8.91. The van der Waals surface area contributed by atoms with Crippen LogP contribution in [-0.4, -0.2) is 128 Å². The Morgan fingerprint density at radius 1 is 0.900 bits per heavy atom. The van der Waals surface area contributed by atoms with Crippen LogP contribution in [0.25, 0.3) is 21.9 Å². The van der Waals surface area contributed by atoms with Gasteiger partial charge in [0.1, 0.15) is 23.4 Å². The third-order valence-electron chi connectivity index (χ3n) is 13.8. The zero-order valence-corrected chi connectivity index (χ0v) is 35.1. The number of likely N-dealkylation sites (tertiary alicyclic amines) is 2. The number of hydrogen-bond acceptors (Lipinski definition) is 12. The Labute approximate surface area is 348 Å². The molecule has 2 aromatic carbocycles. The van der Waals surface area contributed by atoms with Gasteiger partial charge in [0.2, 0.25) is 11.8 Å². The molecule has 0 saturated carbocycles. The second kappa shape index (κ2) is 15.0. The summed E-state index contributed by atoms with van der Waals surface area (Å²) in [4.78, 5) is 78.6. The lowest BCUT2D eigenvalue weighted by Gasteiger charge is -2.56. The van der Waals surface area contributed by atoms with Crippen molar-refractivity contribution in [2.45, 2.75) is 51.2 Å². The van der Waals surface area contributed by atoms with E-state index in [-0.39, 0.29) is 29.7 Å². The van der Waals surface area contributed by atoms with Gasteiger partial charge in [-0.25, -0.2) is 4.98 Å². The van der Waals surface area contributed by atoms with E-state index in [1.165, 1.54) is 0 Å². The van der Waals surface area contributed by atoms with Crippen molar-refractivity contribution in [1.29, 1.82) is 0 Å². The van der Waals surface area contributed by atoms with E-state index < -0.39 is 23.8 Å². The number of rotatable bonds is 10. The van der Waals surface area contributed by atoms with Crippen LogP contribution in [0, 0.1) is 11.3 Å². The molecule has 4 amide bonds. The normalized spacial score (nSPS) is 21.2. The third kappa shape index (κ3) is 6.67. The van der Waals surface area contributed by atoms with Crippen molar-refractivity contribution in [1.82, 2.24) is 29.6 Å². The molecule has 2 aromatic heterocycles. The molecule has 5 aliphatic heterocycles. The molecule has 4 fully saturated rings. The van der Waals surface area contributed by atoms with E-state index in [2.05, 4.69) is 31.9 Å². The number of ether oxygens (including phenoxy) is 2. The molecule has 2 atom stereocenters. The largest absolute Gasteiger partial charge is 0.496 e. The number of nitrogens with zero attached hydrogens (tertiary/aromatic N) is 7. The molecule has 60 heavy (non-hydrogen) atoms. The molecule has 0 radical (unpaired) electrons. The second-order valence-corrected chi connectivity index (χ2v) is 17.6. The molecule has 15 heteroatoms. The van der Waals surface area contributed by atoms with Crippen LogP contribution >= 0.6 is 0 Å². The predicted molar refractivity (Wildman–Crippen MR) is 227 cm³/mol. The number of pyridine rings is 2. The first kappa shape index (κ1) is 39.6. The second-order valence-electron chi connectivity index (χ2n) is 17.6. The molecule has 1 spiro atoms. The maximum atomic E-state index is 13.4. The van der Waals surface area contributed by atoms with E-state index in [4.69, 9.17) is 9.47 Å². The lowest BCUT2D eigenvalue weighted by Crippen LogP contribution is -2.63. The van der Waals surface area contributed by atoms with Crippen LogP contribution < -0.4 is 30.1 Å². The van der Waals surface area contributed by atoms with E-state index in [0.29, 0.717) is 35.0 Å². The van der Waals surface area contributed by atoms with Crippen LogP contribution in [0.15, 0.2) is 53.6 Å². The SMILES string of the molecule is COc1cc(-c2cn(C)c(=O)c3cnc(N(C)C)cc23)cc(OC)c1CN1CC(C(C)N2CCC3(CC2)CN(c2ccc4c(c2)C(=O)N(C2CCC(=O)NC2=O)C4=O)C3)C1. The number of nitrogens with one attached hydrogen (secondary N) is 1. The molecule has 7 heterocycles. The van der Waals surface area contributed by atoms with E-state index in [9.17, 15) is 24.0 Å². The Balaban J connectivity index is 0.805. The first-order chi connectivity index (χ1) is 28.8. The topological polar surface area (TPSA) is 150 Å². The van der Waals surface area contributed by atoms with E-state index in [1.54, 1.807) is 44.2 Å². The van der Waals surface area contributed by atoms with Crippen molar-refractivity contribution in [2.75, 3.05) is 77.4 Å². The highest BCUT2D eigenvalue weighted by molar-refractivity contribution is 6.23. The smallest absolute Gasteiger partial charge is 0.262 e. The van der Waals surface area contributed by atoms with E-state index >= 15 is 0 Å². The van der Waals surface area contributed by atoms with Crippen molar-refractivity contribution in [3.05, 3.63) is 75.8 Å². The Kier molecular flexibility index (Phi) is 9.93. The van der Waals surface area contributed by atoms with Crippen LogP contribution in [0.3, 0.4) is 0 Å². The van der Waals surface area contributed by atoms with Crippen molar-refractivity contribution < 1.29 is 28.7 Å². The van der Waals surface area contributed by atoms with Crippen LogP contribution in [-0.2, 0) is 23.2 Å². The monoisotopic (exact) mass is 816 g/mol. The molecular weight excluding hydrogens is 765 g/mol. The summed E-state index contributed by atoms with van der Waals surface area (Å²) in [7, 11) is 9.00. The predicted octanol–water partition coefficient (Wildman–Crippen LogP) is 3.51. The fourth-order valence-corrected chi connectivity index (χ4v) is 10.0. The number of aromatic nitrogens is 2. The fraction of sp³-hybridized carbons (Fsp3) is 0.467. The van der Waals surface area contributed by atoms with Gasteiger partial charge < -0.3 is 28.7 Å². The Morgan fingerprint density at radius 2 is 1.58 bits per heavy atom. The summed E-state index contributed by atoms with van der Waals surface area (Å²) in [5.74, 6) is 0.866. The van der Waals surface area contributed by atoms with Crippen LogP contribution in [0.5, 0.6) is 11.5 Å². The highest BCUT2D eigenvalue weighted by atomic mass is 16.5. The number of fused-ring (bicyclic) bond motifs is 2. The molecule has 1 N–H and O–H groups in total. The number of aryl methyl sites for hydroxylation is 1. The standard InChI is InChI=1S/C45H52N8O7/c1-26(51-13-11-45(12-14-51)24-52(25-45)29-7-8-30-32(17-29)44(58)53(43(30)57)36-9-10-40(54)47-41(36)55)28-20-50(21-28)23-35-37(59-5)15-27(16-38(35)60-6)34-22-49(4)42(56)33-19-46-39(48(2)3)18-31(33)34/h7-8,15-19,22,26,28,36H,9-14,20-21,23-25H2,1-6H3,(H,47,54,55). The van der Waals surface area contributed by atoms with Crippen LogP contribution in [0.1, 0.15) is 58.9 Å². The number of benzene rings is 2. The maximum Gasteiger partial charge on any atom is 0.262 e. The van der Waals surface area contributed by atoms with Crippen LogP contribution in [0.4, 0.5) is 11.5 Å². The van der Waals surface area contributed by atoms with Crippen molar-refractivity contribution in [3.63, 3.8) is 0 Å². The average molecular weight is 817 g/mol. The minimum absolute atomic E-state index is 0.0959. The van der Waals surface area contributed by atoms with E-state index in [0.717, 1.165) is 102 Å². The van der Waals surface area contributed by atoms with Gasteiger partial charge in [0, 0.05) is 101 Å². The Morgan fingerprint density at radius 3 is 2.23 bits per heavy atom. The molecule has 5 aliphatic rings. The minimum atomic E-state index is -0.969. The highest BCUT2D eigenvalue weighted by Crippen LogP contribution is 2.45. The number of anilines is 2. The van der Waals surface area contributed by atoms with Gasteiger partial charge in [-0.2, -0.15) is 0 Å². The zero-order valence-electron chi connectivity index (χ0n) is 35.1. The van der Waals surface area contributed by atoms with Crippen LogP contribution in [0.2, 0.25) is 0 Å². The quantitative estimate of drug-likeness (QED) is 0.234. The molecule has 0 bridgehead atoms. The molecule has 2 unspecified atom stereocenters. The third-order valence-corrected chi connectivity index (χ3v) is 13.8. The molecule has 4 aromatic rings. The first-order valence-corrected chi connectivity index (χ1v) is 20.8. The molecular formula is C45H52N8O7. The molecule has 9 rings (SSSR count). The Bertz CT molecular complexity index is 2470. The minimum Gasteiger partial charge on any atom is -0.496 e. The van der Waals surface area contributed by atoms with Gasteiger partial charge in [0.25, 0.3) is 17.4 Å². The van der Waals surface area contributed by atoms with Gasteiger partial charge in [0.15, 0.2) is 0 Å². The van der Waals surface area contributed by atoms with Gasteiger partial charge in [-0.15, -0.1) is 0 Å². The lowest BCUT2D eigenvalue weighted by atomic mass is 9.71. The summed E-state index contributed by atoms with van der Waals surface area (Å²) in [6, 6.07) is 10.9. The van der Waals surface area contributed by atoms with E-state index in [1.807, 2.05) is 49.5 Å². The number of methoxy groups -OCH3 is 2. The van der Waals surface area contributed by atoms with Gasteiger partial charge in [-0.1, -0.05) is 0 Å². The number of amides is 4. The number of carbonyl (C=O) groups excluding carboxylic acids is 4. The summed E-state index contributed by atoms with van der Waals surface area (Å²) >= 11 is 0. The van der Waals surface area contributed by atoms with Gasteiger partial charge in [-0.3, -0.25) is 39.1 Å². The summed E-state index contributed by atoms with van der Waals surface area (Å²) < 4.78 is 13.6. The van der Waals surface area contributed by atoms with Crippen molar-refractivity contribution >= 4 is 45.9 Å². The zero-order chi connectivity index (χ0) is 42.2. The summed E-state index contributed by atoms with van der Waals surface area (Å²) in [5, 5.41) is 3.63. The van der Waals surface area contributed by atoms with Gasteiger partial charge >= 0.3 is 0 Å². The van der Waals surface area contributed by atoms with Crippen molar-refractivity contribution in [3.8, 4) is 22.6 Å². The molecule has 314 valence electrons. The van der Waals surface area contributed by atoms with Gasteiger partial charge in [-0.05, 0) is 87.2 Å². The molecule has 0 aliphatic carbocycles. The van der Waals surface area contributed by atoms with Crippen molar-refractivity contribution in [2.24, 2.45) is 18.4 Å². The summed E-state index contributed by atoms with van der Waals surface area (Å²) in [6.07, 6.45) is 5.97. The molecule has 4 saturated heterocycles. The number of carbonyl (C=O) groups is 4. The maximum absolute atomic E-state index is 13.4. The highest BCUT2D eigenvalue weighted by Gasteiger charge is 2.48. The fourth-order valence-electron chi connectivity index (χ4n) is 10.0. The number of piperidine rings is 2. The lowest BCUT2D eigenvalue weighted by molar-refractivity contribution is -0.136. The molecule has 15 nitrogen and oxygen atoms in total. The Hall–Kier alpha value is -5.80. The first-order valence-electron chi connectivity index (χ1n) is 20.8.